The molecule has 2 atom stereocenters. The van der Waals surface area contributed by atoms with E-state index in [9.17, 15) is 15.0 Å². The van der Waals surface area contributed by atoms with Gasteiger partial charge in [-0.1, -0.05) is 0 Å². The number of methoxy groups -OCH3 is 1. The Morgan fingerprint density at radius 3 is 2.73 bits per heavy atom. The molecule has 88 valence electrons. The summed E-state index contributed by atoms with van der Waals surface area (Å²) >= 11 is 0. The lowest BCUT2D eigenvalue weighted by atomic mass is 9.71. The molecule has 2 N–H and O–H groups in total. The molecule has 1 aliphatic rings. The van der Waals surface area contributed by atoms with Gasteiger partial charge in [0.15, 0.2) is 0 Å². The number of carbonyl (C=O) groups is 1. The first-order valence-electron chi connectivity index (χ1n) is 4.99. The molecule has 1 heterocycles. The van der Waals surface area contributed by atoms with Crippen LogP contribution < -0.4 is 0 Å². The zero-order valence-electron chi connectivity index (χ0n) is 9.15. The molecule has 0 saturated carbocycles. The molecule has 1 aliphatic heterocycles. The van der Waals surface area contributed by atoms with Crippen molar-refractivity contribution in [3.05, 3.63) is 0 Å². The quantitative estimate of drug-likeness (QED) is 0.708. The van der Waals surface area contributed by atoms with E-state index < -0.39 is 17.0 Å². The van der Waals surface area contributed by atoms with Crippen molar-refractivity contribution in [1.82, 2.24) is 0 Å². The molecular weight excluding hydrogens is 200 g/mol. The third-order valence-corrected chi connectivity index (χ3v) is 3.15. The van der Waals surface area contributed by atoms with E-state index >= 15 is 0 Å². The molecule has 1 saturated heterocycles. The first-order valence-corrected chi connectivity index (χ1v) is 4.99. The van der Waals surface area contributed by atoms with Crippen LogP contribution in [-0.2, 0) is 14.3 Å². The summed E-state index contributed by atoms with van der Waals surface area (Å²) in [5.41, 5.74) is -2.66. The summed E-state index contributed by atoms with van der Waals surface area (Å²) in [6.07, 6.45) is 1.10. The normalized spacial score (nSPS) is 30.9. The summed E-state index contributed by atoms with van der Waals surface area (Å²) < 4.78 is 10.0. The lowest BCUT2D eigenvalue weighted by molar-refractivity contribution is -0.196. The molecule has 5 nitrogen and oxygen atoms in total. The first kappa shape index (κ1) is 12.4. The Bertz CT molecular complexity index is 234. The first-order chi connectivity index (χ1) is 6.96. The van der Waals surface area contributed by atoms with E-state index in [0.29, 0.717) is 19.4 Å². The second kappa shape index (κ2) is 4.47. The molecule has 1 rings (SSSR count). The van der Waals surface area contributed by atoms with Crippen molar-refractivity contribution in [2.24, 2.45) is 5.41 Å². The van der Waals surface area contributed by atoms with E-state index in [4.69, 9.17) is 9.47 Å². The summed E-state index contributed by atoms with van der Waals surface area (Å²) in [6.45, 7) is 2.10. The van der Waals surface area contributed by atoms with Gasteiger partial charge in [0.2, 0.25) is 0 Å². The monoisotopic (exact) mass is 218 g/mol. The van der Waals surface area contributed by atoms with Crippen LogP contribution >= 0.6 is 0 Å². The fourth-order valence-corrected chi connectivity index (χ4v) is 1.90. The average molecular weight is 218 g/mol. The van der Waals surface area contributed by atoms with Crippen LogP contribution in [0.2, 0.25) is 0 Å². The van der Waals surface area contributed by atoms with Crippen LogP contribution in [0.4, 0.5) is 0 Å². The standard InChI is InChI=1S/C10H18O5/c1-9(6-14-2,8(11)12)10(13)4-3-5-15-7-10/h13H,3-7H2,1-2H3,(H,11,12). The van der Waals surface area contributed by atoms with Crippen molar-refractivity contribution >= 4 is 5.97 Å². The Balaban J connectivity index is 2.90. The van der Waals surface area contributed by atoms with Gasteiger partial charge in [-0.3, -0.25) is 4.79 Å². The molecule has 0 radical (unpaired) electrons. The number of carboxylic acid groups (broad SMARTS) is 1. The van der Waals surface area contributed by atoms with Crippen molar-refractivity contribution in [3.8, 4) is 0 Å². The van der Waals surface area contributed by atoms with E-state index in [-0.39, 0.29) is 13.2 Å². The Morgan fingerprint density at radius 2 is 2.33 bits per heavy atom. The topological polar surface area (TPSA) is 76.0 Å². The summed E-state index contributed by atoms with van der Waals surface area (Å²) in [7, 11) is 1.42. The van der Waals surface area contributed by atoms with Crippen LogP contribution in [0.15, 0.2) is 0 Å². The van der Waals surface area contributed by atoms with Gasteiger partial charge >= 0.3 is 5.97 Å². The van der Waals surface area contributed by atoms with Gasteiger partial charge in [-0.15, -0.1) is 0 Å². The van der Waals surface area contributed by atoms with Crippen molar-refractivity contribution in [3.63, 3.8) is 0 Å². The van der Waals surface area contributed by atoms with Crippen LogP contribution in [0.3, 0.4) is 0 Å². The predicted molar refractivity (Wildman–Crippen MR) is 52.6 cm³/mol. The smallest absolute Gasteiger partial charge is 0.314 e. The SMILES string of the molecule is COCC(C)(C(=O)O)C1(O)CCCOC1. The molecule has 0 aliphatic carbocycles. The van der Waals surface area contributed by atoms with Gasteiger partial charge < -0.3 is 19.7 Å². The maximum absolute atomic E-state index is 11.2. The third-order valence-electron chi connectivity index (χ3n) is 3.15. The minimum atomic E-state index is -1.34. The summed E-state index contributed by atoms with van der Waals surface area (Å²) in [5, 5.41) is 19.5. The zero-order valence-corrected chi connectivity index (χ0v) is 9.15. The van der Waals surface area contributed by atoms with E-state index in [1.807, 2.05) is 0 Å². The molecule has 5 heteroatoms. The number of aliphatic hydroxyl groups is 1. The highest BCUT2D eigenvalue weighted by atomic mass is 16.5. The van der Waals surface area contributed by atoms with Crippen LogP contribution in [0.5, 0.6) is 0 Å². The lowest BCUT2D eigenvalue weighted by Gasteiger charge is -2.43. The second-order valence-electron chi connectivity index (χ2n) is 4.26. The maximum atomic E-state index is 11.2. The molecule has 0 aromatic rings. The zero-order chi connectivity index (χ0) is 11.5. The Hall–Kier alpha value is -0.650. The van der Waals surface area contributed by atoms with E-state index in [0.717, 1.165) is 0 Å². The Kier molecular flexibility index (Phi) is 3.70. The predicted octanol–water partition coefficient (Wildman–Crippen LogP) is 0.265. The molecular formula is C10H18O5. The Morgan fingerprint density at radius 1 is 1.67 bits per heavy atom. The van der Waals surface area contributed by atoms with Crippen LogP contribution in [0.25, 0.3) is 0 Å². The van der Waals surface area contributed by atoms with Crippen molar-refractivity contribution in [2.75, 3.05) is 26.9 Å². The van der Waals surface area contributed by atoms with E-state index in [1.54, 1.807) is 0 Å². The lowest BCUT2D eigenvalue weighted by Crippen LogP contribution is -2.58. The number of ether oxygens (including phenoxy) is 2. The van der Waals surface area contributed by atoms with Crippen LogP contribution in [-0.4, -0.2) is 48.7 Å². The number of carboxylic acids is 1. The highest BCUT2D eigenvalue weighted by Crippen LogP contribution is 2.38. The maximum Gasteiger partial charge on any atom is 0.314 e. The van der Waals surface area contributed by atoms with Crippen molar-refractivity contribution in [1.29, 1.82) is 0 Å². The molecule has 0 aromatic heterocycles. The number of rotatable bonds is 4. The van der Waals surface area contributed by atoms with Gasteiger partial charge in [-0.2, -0.15) is 0 Å². The average Bonchev–Trinajstić information content (AvgIpc) is 2.18. The number of hydrogen-bond acceptors (Lipinski definition) is 4. The minimum Gasteiger partial charge on any atom is -0.481 e. The van der Waals surface area contributed by atoms with Crippen molar-refractivity contribution in [2.45, 2.75) is 25.4 Å². The molecule has 0 amide bonds. The van der Waals surface area contributed by atoms with Gasteiger partial charge in [-0.25, -0.2) is 0 Å². The van der Waals surface area contributed by atoms with Gasteiger partial charge in [0.05, 0.1) is 13.2 Å². The van der Waals surface area contributed by atoms with Crippen LogP contribution in [0.1, 0.15) is 19.8 Å². The summed E-state index contributed by atoms with van der Waals surface area (Å²) in [6, 6.07) is 0. The molecule has 0 spiro atoms. The highest BCUT2D eigenvalue weighted by molar-refractivity contribution is 5.76. The number of hydrogen-bond donors (Lipinski definition) is 2. The fraction of sp³-hybridized carbons (Fsp3) is 0.900. The Labute approximate surface area is 89.0 Å². The second-order valence-corrected chi connectivity index (χ2v) is 4.26. The third kappa shape index (κ3) is 2.14. The van der Waals surface area contributed by atoms with Crippen LogP contribution in [0, 0.1) is 5.41 Å². The molecule has 0 aromatic carbocycles. The number of aliphatic carboxylic acids is 1. The molecule has 1 fully saturated rings. The van der Waals surface area contributed by atoms with E-state index in [2.05, 4.69) is 0 Å². The molecule has 15 heavy (non-hydrogen) atoms. The fourth-order valence-electron chi connectivity index (χ4n) is 1.90. The highest BCUT2D eigenvalue weighted by Gasteiger charge is 2.53. The minimum absolute atomic E-state index is 0.0256. The molecule has 0 bridgehead atoms. The summed E-state index contributed by atoms with van der Waals surface area (Å²) in [5.74, 6) is -1.06. The summed E-state index contributed by atoms with van der Waals surface area (Å²) in [4.78, 5) is 11.2. The van der Waals surface area contributed by atoms with Gasteiger partial charge in [0.1, 0.15) is 11.0 Å². The van der Waals surface area contributed by atoms with E-state index in [1.165, 1.54) is 14.0 Å². The molecule has 2 unspecified atom stereocenters. The van der Waals surface area contributed by atoms with Gasteiger partial charge in [0.25, 0.3) is 0 Å². The van der Waals surface area contributed by atoms with Gasteiger partial charge in [-0.05, 0) is 19.8 Å². The van der Waals surface area contributed by atoms with Crippen molar-refractivity contribution < 1.29 is 24.5 Å². The largest absolute Gasteiger partial charge is 0.481 e. The van der Waals surface area contributed by atoms with Gasteiger partial charge in [0, 0.05) is 13.7 Å².